The lowest BCUT2D eigenvalue weighted by Gasteiger charge is -2.17. The summed E-state index contributed by atoms with van der Waals surface area (Å²) >= 11 is 3.34. The molecule has 1 N–H and O–H groups in total. The van der Waals surface area contributed by atoms with Crippen LogP contribution in [0.4, 0.5) is 0 Å². The van der Waals surface area contributed by atoms with E-state index in [4.69, 9.17) is 9.47 Å². The molecule has 1 rings (SSSR count). The lowest BCUT2D eigenvalue weighted by molar-refractivity contribution is -0.147. The van der Waals surface area contributed by atoms with Crippen molar-refractivity contribution < 1.29 is 19.1 Å². The van der Waals surface area contributed by atoms with Gasteiger partial charge in [-0.25, -0.2) is 4.79 Å². The van der Waals surface area contributed by atoms with Crippen molar-refractivity contribution in [1.29, 1.82) is 0 Å². The van der Waals surface area contributed by atoms with Gasteiger partial charge in [-0.3, -0.25) is 4.79 Å². The van der Waals surface area contributed by atoms with Crippen LogP contribution in [0.5, 0.6) is 5.75 Å². The number of hydrogen-bond donors (Lipinski definition) is 1. The van der Waals surface area contributed by atoms with E-state index in [2.05, 4.69) is 21.2 Å². The van der Waals surface area contributed by atoms with Gasteiger partial charge in [-0.1, -0.05) is 6.07 Å². The maximum atomic E-state index is 11.9. The fourth-order valence-electron chi connectivity index (χ4n) is 1.57. The molecule has 0 aliphatic carbocycles. The summed E-state index contributed by atoms with van der Waals surface area (Å²) in [5, 5.41) is 2.57. The molecule has 0 heterocycles. The average molecular weight is 330 g/mol. The number of methoxy groups -OCH3 is 1. The van der Waals surface area contributed by atoms with Gasteiger partial charge < -0.3 is 14.8 Å². The van der Waals surface area contributed by atoms with E-state index < -0.39 is 12.0 Å². The summed E-state index contributed by atoms with van der Waals surface area (Å²) in [6.45, 7) is 3.32. The monoisotopic (exact) mass is 329 g/mol. The van der Waals surface area contributed by atoms with Crippen molar-refractivity contribution in [2.24, 2.45) is 0 Å². The van der Waals surface area contributed by atoms with Crippen molar-refractivity contribution in [1.82, 2.24) is 5.32 Å². The summed E-state index contributed by atoms with van der Waals surface area (Å²) in [5.41, 5.74) is 0.626. The molecule has 5 nitrogen and oxygen atoms in total. The Hall–Kier alpha value is -1.56. The maximum Gasteiger partial charge on any atom is 0.333 e. The molecule has 0 aliphatic rings. The molecule has 1 atom stereocenters. The molecular formula is C13H16BrNO4. The summed E-state index contributed by atoms with van der Waals surface area (Å²) in [4.78, 5) is 23.1. The first-order chi connectivity index (χ1) is 8.99. The molecule has 0 fully saturated rings. The second kappa shape index (κ2) is 7.13. The Balaban J connectivity index is 3.06. The number of carbonyl (C=O) groups excluding carboxylic acids is 2. The second-order valence-electron chi connectivity index (χ2n) is 3.78. The average Bonchev–Trinajstić information content (AvgIpc) is 2.36. The van der Waals surface area contributed by atoms with Crippen LogP contribution < -0.4 is 10.1 Å². The number of amides is 1. The van der Waals surface area contributed by atoms with E-state index in [1.54, 1.807) is 32.2 Å². The van der Waals surface area contributed by atoms with E-state index >= 15 is 0 Å². The number of carbonyl (C=O) groups is 2. The molecule has 0 unspecified atom stereocenters. The summed E-state index contributed by atoms with van der Waals surface area (Å²) in [7, 11) is 1.55. The Morgan fingerprint density at radius 1 is 1.42 bits per heavy atom. The van der Waals surface area contributed by atoms with Crippen molar-refractivity contribution in [2.75, 3.05) is 13.7 Å². The predicted octanol–water partition coefficient (Wildman–Crippen LogP) is 2.20. The highest BCUT2D eigenvalue weighted by atomic mass is 79.9. The molecular weight excluding hydrogens is 314 g/mol. The van der Waals surface area contributed by atoms with E-state index in [0.717, 1.165) is 0 Å². The number of rotatable bonds is 5. The van der Waals surface area contributed by atoms with Gasteiger partial charge in [0.05, 0.1) is 18.2 Å². The first-order valence-electron chi connectivity index (χ1n) is 5.76. The third-order valence-electron chi connectivity index (χ3n) is 2.38. The molecule has 104 valence electrons. The largest absolute Gasteiger partial charge is 0.496 e. The first-order valence-corrected chi connectivity index (χ1v) is 6.56. The van der Waals surface area contributed by atoms with Crippen LogP contribution in [0.3, 0.4) is 0 Å². The van der Waals surface area contributed by atoms with E-state index in [0.29, 0.717) is 15.8 Å². The van der Waals surface area contributed by atoms with Crippen LogP contribution >= 0.6 is 15.9 Å². The SMILES string of the molecule is CCOC(=O)[C@@H](NC(C)=O)c1ccc(OC)c(Br)c1. The summed E-state index contributed by atoms with van der Waals surface area (Å²) in [6, 6.07) is 4.32. The molecule has 1 aromatic carbocycles. The van der Waals surface area contributed by atoms with Gasteiger partial charge in [0.1, 0.15) is 5.75 Å². The molecule has 1 aromatic rings. The molecule has 1 amide bonds. The Morgan fingerprint density at radius 2 is 2.11 bits per heavy atom. The first kappa shape index (κ1) is 15.5. The van der Waals surface area contributed by atoms with Crippen LogP contribution in [0.2, 0.25) is 0 Å². The smallest absolute Gasteiger partial charge is 0.333 e. The van der Waals surface area contributed by atoms with E-state index in [1.807, 2.05) is 0 Å². The highest BCUT2D eigenvalue weighted by Gasteiger charge is 2.23. The number of hydrogen-bond acceptors (Lipinski definition) is 4. The highest BCUT2D eigenvalue weighted by Crippen LogP contribution is 2.28. The summed E-state index contributed by atoms with van der Waals surface area (Å²) in [5.74, 6) is -0.144. The van der Waals surface area contributed by atoms with Crippen LogP contribution in [0.1, 0.15) is 25.5 Å². The fourth-order valence-corrected chi connectivity index (χ4v) is 2.13. The number of esters is 1. The minimum atomic E-state index is -0.820. The molecule has 0 aliphatic heterocycles. The Kier molecular flexibility index (Phi) is 5.82. The number of nitrogens with one attached hydrogen (secondary N) is 1. The van der Waals surface area contributed by atoms with Crippen molar-refractivity contribution in [3.8, 4) is 5.75 Å². The van der Waals surface area contributed by atoms with Gasteiger partial charge in [-0.05, 0) is 40.5 Å². The van der Waals surface area contributed by atoms with Crippen LogP contribution in [-0.4, -0.2) is 25.6 Å². The number of benzene rings is 1. The van der Waals surface area contributed by atoms with Gasteiger partial charge in [-0.15, -0.1) is 0 Å². The van der Waals surface area contributed by atoms with E-state index in [1.165, 1.54) is 6.92 Å². The Labute approximate surface area is 120 Å². The minimum Gasteiger partial charge on any atom is -0.496 e. The molecule has 0 saturated heterocycles. The summed E-state index contributed by atoms with van der Waals surface area (Å²) < 4.78 is 10.8. The van der Waals surface area contributed by atoms with Gasteiger partial charge in [0.25, 0.3) is 0 Å². The lowest BCUT2D eigenvalue weighted by atomic mass is 10.1. The van der Waals surface area contributed by atoms with Crippen molar-refractivity contribution >= 4 is 27.8 Å². The molecule has 6 heteroatoms. The lowest BCUT2D eigenvalue weighted by Crippen LogP contribution is -2.33. The topological polar surface area (TPSA) is 64.6 Å². The molecule has 19 heavy (non-hydrogen) atoms. The Morgan fingerprint density at radius 3 is 2.58 bits per heavy atom. The fraction of sp³-hybridized carbons (Fsp3) is 0.385. The summed E-state index contributed by atoms with van der Waals surface area (Å²) in [6.07, 6.45) is 0. The van der Waals surface area contributed by atoms with Crippen LogP contribution in [0.25, 0.3) is 0 Å². The quantitative estimate of drug-likeness (QED) is 0.841. The van der Waals surface area contributed by atoms with Crippen molar-refractivity contribution in [2.45, 2.75) is 19.9 Å². The van der Waals surface area contributed by atoms with Crippen LogP contribution in [-0.2, 0) is 14.3 Å². The van der Waals surface area contributed by atoms with E-state index in [9.17, 15) is 9.59 Å². The van der Waals surface area contributed by atoms with Gasteiger partial charge in [-0.2, -0.15) is 0 Å². The molecule has 0 radical (unpaired) electrons. The zero-order valence-corrected chi connectivity index (χ0v) is 12.6. The van der Waals surface area contributed by atoms with Gasteiger partial charge in [0.2, 0.25) is 5.91 Å². The number of halogens is 1. The van der Waals surface area contributed by atoms with Gasteiger partial charge >= 0.3 is 5.97 Å². The third kappa shape index (κ3) is 4.24. The highest BCUT2D eigenvalue weighted by molar-refractivity contribution is 9.10. The van der Waals surface area contributed by atoms with Crippen molar-refractivity contribution in [3.05, 3.63) is 28.2 Å². The third-order valence-corrected chi connectivity index (χ3v) is 3.00. The molecule has 0 bridgehead atoms. The van der Waals surface area contributed by atoms with Gasteiger partial charge in [0, 0.05) is 6.92 Å². The normalized spacial score (nSPS) is 11.6. The molecule has 0 saturated carbocycles. The zero-order valence-electron chi connectivity index (χ0n) is 11.0. The number of ether oxygens (including phenoxy) is 2. The Bertz CT molecular complexity index is 476. The van der Waals surface area contributed by atoms with Crippen LogP contribution in [0, 0.1) is 0 Å². The van der Waals surface area contributed by atoms with Crippen LogP contribution in [0.15, 0.2) is 22.7 Å². The zero-order chi connectivity index (χ0) is 14.4. The molecule has 0 spiro atoms. The molecule has 0 aromatic heterocycles. The standard InChI is InChI=1S/C13H16BrNO4/c1-4-19-13(17)12(15-8(2)16)9-5-6-11(18-3)10(14)7-9/h5-7,12H,4H2,1-3H3,(H,15,16)/t12-/m0/s1. The second-order valence-corrected chi connectivity index (χ2v) is 4.63. The predicted molar refractivity (Wildman–Crippen MR) is 73.9 cm³/mol. The minimum absolute atomic E-state index is 0.256. The maximum absolute atomic E-state index is 11.9. The van der Waals surface area contributed by atoms with Crippen molar-refractivity contribution in [3.63, 3.8) is 0 Å². The van der Waals surface area contributed by atoms with Gasteiger partial charge in [0.15, 0.2) is 6.04 Å². The van der Waals surface area contributed by atoms with E-state index in [-0.39, 0.29) is 12.5 Å².